The minimum atomic E-state index is -1.11. The van der Waals surface area contributed by atoms with E-state index in [9.17, 15) is 14.7 Å². The van der Waals surface area contributed by atoms with Crippen LogP contribution in [0, 0.1) is 0 Å². The predicted octanol–water partition coefficient (Wildman–Crippen LogP) is 2.02. The van der Waals surface area contributed by atoms with Crippen molar-refractivity contribution in [2.24, 2.45) is 0 Å². The highest BCUT2D eigenvalue weighted by molar-refractivity contribution is 5.96. The predicted molar refractivity (Wildman–Crippen MR) is 76.9 cm³/mol. The lowest BCUT2D eigenvalue weighted by molar-refractivity contribution is -0.139. The highest BCUT2D eigenvalue weighted by Crippen LogP contribution is 2.14. The maximum atomic E-state index is 12.1. The molecule has 0 aliphatic heterocycles. The first-order valence-electron chi connectivity index (χ1n) is 6.62. The summed E-state index contributed by atoms with van der Waals surface area (Å²) in [6.07, 6.45) is 3.03. The van der Waals surface area contributed by atoms with Gasteiger partial charge in [-0.2, -0.15) is 5.10 Å². The first-order valence-corrected chi connectivity index (χ1v) is 6.62. The molecule has 21 heavy (non-hydrogen) atoms. The van der Waals surface area contributed by atoms with Crippen LogP contribution < -0.4 is 5.32 Å². The molecule has 1 aromatic carbocycles. The van der Waals surface area contributed by atoms with Crippen LogP contribution in [0.4, 0.5) is 0 Å². The van der Waals surface area contributed by atoms with Crippen LogP contribution in [0.3, 0.4) is 0 Å². The Hall–Kier alpha value is -2.63. The second-order valence-corrected chi connectivity index (χ2v) is 4.96. The number of aromatic nitrogens is 2. The van der Waals surface area contributed by atoms with Gasteiger partial charge in [0.25, 0.3) is 5.91 Å². The SMILES string of the molecule is CC(C)n1cc(C(=O)N[C@@H](C(=O)O)c2ccccc2)cn1. The summed E-state index contributed by atoms with van der Waals surface area (Å²) in [4.78, 5) is 23.5. The number of carboxylic acids is 1. The number of rotatable bonds is 5. The van der Waals surface area contributed by atoms with E-state index in [2.05, 4.69) is 10.4 Å². The Kier molecular flexibility index (Phi) is 4.37. The van der Waals surface area contributed by atoms with E-state index in [0.717, 1.165) is 0 Å². The monoisotopic (exact) mass is 287 g/mol. The van der Waals surface area contributed by atoms with Crippen LogP contribution in [0.1, 0.15) is 41.9 Å². The third-order valence-electron chi connectivity index (χ3n) is 3.05. The first kappa shape index (κ1) is 14.8. The molecule has 0 saturated carbocycles. The Balaban J connectivity index is 2.17. The minimum absolute atomic E-state index is 0.135. The van der Waals surface area contributed by atoms with Crippen LogP contribution in [0.15, 0.2) is 42.7 Å². The maximum absolute atomic E-state index is 12.1. The summed E-state index contributed by atoms with van der Waals surface area (Å²) in [5.74, 6) is -1.57. The standard InChI is InChI=1S/C15H17N3O3/c1-10(2)18-9-12(8-16-18)14(19)17-13(15(20)21)11-6-4-3-5-7-11/h3-10,13H,1-2H3,(H,17,19)(H,20,21)/t13-/m1/s1. The van der Waals surface area contributed by atoms with Crippen LogP contribution in [-0.4, -0.2) is 26.8 Å². The molecular weight excluding hydrogens is 270 g/mol. The topological polar surface area (TPSA) is 84.2 Å². The zero-order valence-electron chi connectivity index (χ0n) is 11.9. The van der Waals surface area contributed by atoms with Gasteiger partial charge in [0.2, 0.25) is 0 Å². The second-order valence-electron chi connectivity index (χ2n) is 4.96. The molecule has 6 heteroatoms. The zero-order chi connectivity index (χ0) is 15.4. The summed E-state index contributed by atoms with van der Waals surface area (Å²) in [6.45, 7) is 3.89. The average Bonchev–Trinajstić information content (AvgIpc) is 2.95. The van der Waals surface area contributed by atoms with Crippen LogP contribution in [0.2, 0.25) is 0 Å². The number of nitrogens with zero attached hydrogens (tertiary/aromatic N) is 2. The summed E-state index contributed by atoms with van der Waals surface area (Å²) in [7, 11) is 0. The molecule has 0 bridgehead atoms. The van der Waals surface area contributed by atoms with Gasteiger partial charge in [0.1, 0.15) is 0 Å². The highest BCUT2D eigenvalue weighted by atomic mass is 16.4. The second kappa shape index (κ2) is 6.21. The van der Waals surface area contributed by atoms with Crippen molar-refractivity contribution in [3.8, 4) is 0 Å². The molecule has 1 heterocycles. The lowest BCUT2D eigenvalue weighted by Crippen LogP contribution is -2.33. The Bertz CT molecular complexity index is 635. The van der Waals surface area contributed by atoms with Crippen molar-refractivity contribution in [3.05, 3.63) is 53.9 Å². The van der Waals surface area contributed by atoms with E-state index >= 15 is 0 Å². The quantitative estimate of drug-likeness (QED) is 0.881. The number of aliphatic carboxylic acids is 1. The molecule has 2 N–H and O–H groups in total. The Morgan fingerprint density at radius 3 is 2.43 bits per heavy atom. The summed E-state index contributed by atoms with van der Waals surface area (Å²) >= 11 is 0. The van der Waals surface area contributed by atoms with Gasteiger partial charge in [-0.05, 0) is 19.4 Å². The molecule has 0 saturated heterocycles. The van der Waals surface area contributed by atoms with Crippen molar-refractivity contribution in [1.29, 1.82) is 0 Å². The molecule has 0 aliphatic rings. The van der Waals surface area contributed by atoms with Crippen molar-refractivity contribution in [1.82, 2.24) is 15.1 Å². The zero-order valence-corrected chi connectivity index (χ0v) is 11.9. The van der Waals surface area contributed by atoms with E-state index in [1.165, 1.54) is 6.20 Å². The fourth-order valence-corrected chi connectivity index (χ4v) is 1.89. The van der Waals surface area contributed by atoms with Crippen molar-refractivity contribution >= 4 is 11.9 Å². The first-order chi connectivity index (χ1) is 9.99. The lowest BCUT2D eigenvalue weighted by Gasteiger charge is -2.14. The molecule has 2 rings (SSSR count). The van der Waals surface area contributed by atoms with Gasteiger partial charge in [0.15, 0.2) is 6.04 Å². The van der Waals surface area contributed by atoms with Gasteiger partial charge in [-0.25, -0.2) is 4.79 Å². The van der Waals surface area contributed by atoms with Gasteiger partial charge in [0.05, 0.1) is 11.8 Å². The molecule has 6 nitrogen and oxygen atoms in total. The number of benzene rings is 1. The average molecular weight is 287 g/mol. The molecule has 1 aromatic heterocycles. The van der Waals surface area contributed by atoms with Gasteiger partial charge < -0.3 is 10.4 Å². The summed E-state index contributed by atoms with van der Waals surface area (Å²) in [6, 6.07) is 7.63. The summed E-state index contributed by atoms with van der Waals surface area (Å²) < 4.78 is 1.65. The Morgan fingerprint density at radius 2 is 1.90 bits per heavy atom. The van der Waals surface area contributed by atoms with Crippen LogP contribution >= 0.6 is 0 Å². The number of amides is 1. The number of carbonyl (C=O) groups is 2. The van der Waals surface area contributed by atoms with E-state index in [1.54, 1.807) is 41.2 Å². The third-order valence-corrected chi connectivity index (χ3v) is 3.05. The Morgan fingerprint density at radius 1 is 1.24 bits per heavy atom. The minimum Gasteiger partial charge on any atom is -0.479 e. The van der Waals surface area contributed by atoms with Crippen molar-refractivity contribution in [2.75, 3.05) is 0 Å². The number of carbonyl (C=O) groups excluding carboxylic acids is 1. The molecule has 0 unspecified atom stereocenters. The van der Waals surface area contributed by atoms with Crippen molar-refractivity contribution < 1.29 is 14.7 Å². The van der Waals surface area contributed by atoms with E-state index in [-0.39, 0.29) is 6.04 Å². The van der Waals surface area contributed by atoms with Gasteiger partial charge in [-0.3, -0.25) is 9.48 Å². The van der Waals surface area contributed by atoms with Gasteiger partial charge in [-0.1, -0.05) is 30.3 Å². The molecule has 1 atom stereocenters. The molecule has 1 amide bonds. The number of hydrogen-bond donors (Lipinski definition) is 2. The van der Waals surface area contributed by atoms with Crippen LogP contribution in [0.25, 0.3) is 0 Å². The van der Waals surface area contributed by atoms with Crippen molar-refractivity contribution in [2.45, 2.75) is 25.9 Å². The number of hydrogen-bond acceptors (Lipinski definition) is 3. The normalized spacial score (nSPS) is 12.1. The number of carboxylic acid groups (broad SMARTS) is 1. The molecule has 2 aromatic rings. The molecule has 0 radical (unpaired) electrons. The van der Waals surface area contributed by atoms with Crippen LogP contribution in [-0.2, 0) is 4.79 Å². The summed E-state index contributed by atoms with van der Waals surface area (Å²) in [5, 5.41) is 15.9. The van der Waals surface area contributed by atoms with Crippen LogP contribution in [0.5, 0.6) is 0 Å². The lowest BCUT2D eigenvalue weighted by atomic mass is 10.1. The highest BCUT2D eigenvalue weighted by Gasteiger charge is 2.23. The van der Waals surface area contributed by atoms with E-state index < -0.39 is 17.9 Å². The maximum Gasteiger partial charge on any atom is 0.330 e. The molecule has 110 valence electrons. The van der Waals surface area contributed by atoms with E-state index in [4.69, 9.17) is 0 Å². The van der Waals surface area contributed by atoms with E-state index in [0.29, 0.717) is 11.1 Å². The molecule has 0 fully saturated rings. The molecule has 0 spiro atoms. The smallest absolute Gasteiger partial charge is 0.330 e. The van der Waals surface area contributed by atoms with E-state index in [1.807, 2.05) is 13.8 Å². The molecule has 0 aliphatic carbocycles. The third kappa shape index (κ3) is 3.47. The molecular formula is C15H17N3O3. The van der Waals surface area contributed by atoms with Gasteiger partial charge in [-0.15, -0.1) is 0 Å². The summed E-state index contributed by atoms with van der Waals surface area (Å²) in [5.41, 5.74) is 0.862. The fraction of sp³-hybridized carbons (Fsp3) is 0.267. The number of nitrogens with one attached hydrogen (secondary N) is 1. The largest absolute Gasteiger partial charge is 0.479 e. The Labute approximate surface area is 122 Å². The van der Waals surface area contributed by atoms with Gasteiger partial charge >= 0.3 is 5.97 Å². The van der Waals surface area contributed by atoms with Crippen molar-refractivity contribution in [3.63, 3.8) is 0 Å². The fourth-order valence-electron chi connectivity index (χ4n) is 1.89. The van der Waals surface area contributed by atoms with Gasteiger partial charge in [0, 0.05) is 12.2 Å².